The van der Waals surface area contributed by atoms with Gasteiger partial charge in [-0.05, 0) is 43.0 Å². The molecule has 4 heteroatoms. The molecule has 0 atom stereocenters. The number of aryl methyl sites for hydroxylation is 3. The fraction of sp³-hybridized carbons (Fsp3) is 0.400. The van der Waals surface area contributed by atoms with E-state index in [9.17, 15) is 10.1 Å². The summed E-state index contributed by atoms with van der Waals surface area (Å²) in [6, 6.07) is 3.93. The third-order valence-corrected chi connectivity index (χ3v) is 2.28. The Balaban J connectivity index is 2.87. The van der Waals surface area contributed by atoms with Gasteiger partial charge in [0.1, 0.15) is 6.61 Å². The van der Waals surface area contributed by atoms with E-state index in [4.69, 9.17) is 0 Å². The number of benzene rings is 1. The fourth-order valence-electron chi connectivity index (χ4n) is 1.30. The second kappa shape index (κ2) is 4.09. The summed E-state index contributed by atoms with van der Waals surface area (Å²) in [5.41, 5.74) is 4.20. The zero-order chi connectivity index (χ0) is 10.7. The lowest BCUT2D eigenvalue weighted by molar-refractivity contribution is -0.763. The van der Waals surface area contributed by atoms with Gasteiger partial charge in [-0.2, -0.15) is 0 Å². The second-order valence-electron chi connectivity index (χ2n) is 3.36. The van der Waals surface area contributed by atoms with Crippen LogP contribution >= 0.6 is 0 Å². The molecule has 0 saturated carbocycles. The Morgan fingerprint density at radius 2 is 1.79 bits per heavy atom. The van der Waals surface area contributed by atoms with E-state index in [0.29, 0.717) is 0 Å². The first-order valence-electron chi connectivity index (χ1n) is 4.34. The second-order valence-corrected chi connectivity index (χ2v) is 3.36. The van der Waals surface area contributed by atoms with Crippen molar-refractivity contribution in [2.75, 3.05) is 0 Å². The molecule has 0 saturated heterocycles. The first kappa shape index (κ1) is 10.5. The smallest absolute Gasteiger partial charge is 0.294 e. The monoisotopic (exact) mass is 195 g/mol. The van der Waals surface area contributed by atoms with Crippen LogP contribution in [0.1, 0.15) is 22.3 Å². The summed E-state index contributed by atoms with van der Waals surface area (Å²) in [4.78, 5) is 14.3. The van der Waals surface area contributed by atoms with Gasteiger partial charge in [-0.15, -0.1) is 10.1 Å². The highest BCUT2D eigenvalue weighted by Crippen LogP contribution is 2.15. The molecule has 76 valence electrons. The van der Waals surface area contributed by atoms with Gasteiger partial charge in [0.2, 0.25) is 0 Å². The van der Waals surface area contributed by atoms with Gasteiger partial charge in [-0.3, -0.25) is 0 Å². The topological polar surface area (TPSA) is 52.4 Å². The number of nitrogens with zero attached hydrogens (tertiary/aromatic N) is 1. The third kappa shape index (κ3) is 2.45. The summed E-state index contributed by atoms with van der Waals surface area (Å²) < 4.78 is 0. The predicted molar refractivity (Wildman–Crippen MR) is 52.4 cm³/mol. The van der Waals surface area contributed by atoms with Crippen LogP contribution in [-0.2, 0) is 11.4 Å². The summed E-state index contributed by atoms with van der Waals surface area (Å²) in [5, 5.41) is 9.25. The van der Waals surface area contributed by atoms with Crippen LogP contribution < -0.4 is 0 Å². The van der Waals surface area contributed by atoms with Crippen LogP contribution in [-0.4, -0.2) is 5.09 Å². The van der Waals surface area contributed by atoms with Crippen molar-refractivity contribution in [2.45, 2.75) is 27.4 Å². The molecule has 0 heterocycles. The third-order valence-electron chi connectivity index (χ3n) is 2.28. The van der Waals surface area contributed by atoms with E-state index in [1.165, 1.54) is 5.56 Å². The molecule has 0 aliphatic rings. The summed E-state index contributed by atoms with van der Waals surface area (Å²) in [7, 11) is 0. The van der Waals surface area contributed by atoms with E-state index in [-0.39, 0.29) is 6.61 Å². The fourth-order valence-corrected chi connectivity index (χ4v) is 1.30. The SMILES string of the molecule is Cc1cc(C)c(CO[N+](=O)[O-])cc1C. The van der Waals surface area contributed by atoms with Gasteiger partial charge >= 0.3 is 0 Å². The van der Waals surface area contributed by atoms with Crippen molar-refractivity contribution in [1.82, 2.24) is 0 Å². The first-order chi connectivity index (χ1) is 6.50. The highest BCUT2D eigenvalue weighted by atomic mass is 16.9. The van der Waals surface area contributed by atoms with E-state index in [0.717, 1.165) is 16.7 Å². The van der Waals surface area contributed by atoms with Crippen LogP contribution in [0.2, 0.25) is 0 Å². The Morgan fingerprint density at radius 3 is 2.36 bits per heavy atom. The highest BCUT2D eigenvalue weighted by molar-refractivity contribution is 5.35. The van der Waals surface area contributed by atoms with Gasteiger partial charge in [0.25, 0.3) is 5.09 Å². The molecule has 0 fully saturated rings. The maximum Gasteiger partial charge on any atom is 0.294 e. The Bertz CT molecular complexity index is 361. The maximum atomic E-state index is 10.0. The normalized spacial score (nSPS) is 9.93. The molecule has 1 aromatic rings. The van der Waals surface area contributed by atoms with Crippen LogP contribution in [0.25, 0.3) is 0 Å². The Morgan fingerprint density at radius 1 is 1.21 bits per heavy atom. The zero-order valence-electron chi connectivity index (χ0n) is 8.53. The van der Waals surface area contributed by atoms with Crippen molar-refractivity contribution in [2.24, 2.45) is 0 Å². The molecule has 14 heavy (non-hydrogen) atoms. The lowest BCUT2D eigenvalue weighted by Crippen LogP contribution is -2.02. The van der Waals surface area contributed by atoms with E-state index < -0.39 is 5.09 Å². The van der Waals surface area contributed by atoms with Crippen LogP contribution in [0.3, 0.4) is 0 Å². The van der Waals surface area contributed by atoms with E-state index in [1.54, 1.807) is 0 Å². The van der Waals surface area contributed by atoms with Crippen molar-refractivity contribution >= 4 is 0 Å². The summed E-state index contributed by atoms with van der Waals surface area (Å²) in [5.74, 6) is 0. The number of rotatable bonds is 3. The quantitative estimate of drug-likeness (QED) is 0.549. The van der Waals surface area contributed by atoms with E-state index in [1.807, 2.05) is 32.9 Å². The molecule has 0 aliphatic heterocycles. The van der Waals surface area contributed by atoms with Gasteiger partial charge in [0.15, 0.2) is 0 Å². The number of hydrogen-bond donors (Lipinski definition) is 0. The van der Waals surface area contributed by atoms with Gasteiger partial charge in [0.05, 0.1) is 0 Å². The molecule has 0 radical (unpaired) electrons. The van der Waals surface area contributed by atoms with Crippen LogP contribution in [0.4, 0.5) is 0 Å². The lowest BCUT2D eigenvalue weighted by Gasteiger charge is -2.08. The molecule has 0 N–H and O–H groups in total. The van der Waals surface area contributed by atoms with Gasteiger partial charge in [-0.1, -0.05) is 12.1 Å². The molecular formula is C10H13NO3. The van der Waals surface area contributed by atoms with Crippen molar-refractivity contribution in [1.29, 1.82) is 0 Å². The molecule has 1 rings (SSSR count). The van der Waals surface area contributed by atoms with Crippen molar-refractivity contribution < 1.29 is 9.92 Å². The van der Waals surface area contributed by atoms with Crippen molar-refractivity contribution in [3.63, 3.8) is 0 Å². The predicted octanol–water partition coefficient (Wildman–Crippen LogP) is 2.32. The van der Waals surface area contributed by atoms with Crippen LogP contribution in [0.5, 0.6) is 0 Å². The summed E-state index contributed by atoms with van der Waals surface area (Å²) >= 11 is 0. The minimum absolute atomic E-state index is 0.0277. The van der Waals surface area contributed by atoms with E-state index >= 15 is 0 Å². The van der Waals surface area contributed by atoms with Crippen LogP contribution in [0, 0.1) is 30.9 Å². The van der Waals surface area contributed by atoms with Crippen LogP contribution in [0.15, 0.2) is 12.1 Å². The van der Waals surface area contributed by atoms with Gasteiger partial charge in [-0.25, -0.2) is 0 Å². The molecule has 0 aromatic heterocycles. The molecule has 0 amide bonds. The van der Waals surface area contributed by atoms with Gasteiger partial charge < -0.3 is 4.84 Å². The minimum Gasteiger partial charge on any atom is -0.309 e. The molecular weight excluding hydrogens is 182 g/mol. The molecule has 0 bridgehead atoms. The Hall–Kier alpha value is -1.58. The molecule has 0 unspecified atom stereocenters. The highest BCUT2D eigenvalue weighted by Gasteiger charge is 2.03. The van der Waals surface area contributed by atoms with Crippen molar-refractivity contribution in [3.8, 4) is 0 Å². The molecule has 4 nitrogen and oxygen atoms in total. The Labute approximate surface area is 82.6 Å². The average Bonchev–Trinajstić information content (AvgIpc) is 2.09. The maximum absolute atomic E-state index is 10.0. The zero-order valence-corrected chi connectivity index (χ0v) is 8.53. The average molecular weight is 195 g/mol. The largest absolute Gasteiger partial charge is 0.309 e. The molecule has 1 aromatic carbocycles. The number of hydrogen-bond acceptors (Lipinski definition) is 3. The molecule has 0 aliphatic carbocycles. The van der Waals surface area contributed by atoms with E-state index in [2.05, 4.69) is 4.84 Å². The van der Waals surface area contributed by atoms with Crippen molar-refractivity contribution in [3.05, 3.63) is 44.5 Å². The minimum atomic E-state index is -0.769. The summed E-state index contributed by atoms with van der Waals surface area (Å²) in [6.45, 7) is 5.94. The van der Waals surface area contributed by atoms with Gasteiger partial charge in [0, 0.05) is 0 Å². The lowest BCUT2D eigenvalue weighted by atomic mass is 10.0. The first-order valence-corrected chi connectivity index (χ1v) is 4.34. The Kier molecular flexibility index (Phi) is 3.06. The summed E-state index contributed by atoms with van der Waals surface area (Å²) in [6.07, 6.45) is 0. The molecule has 0 spiro atoms. The standard InChI is InChI=1S/C10H13NO3/c1-7-4-9(3)10(5-8(7)2)6-14-11(12)13/h4-5H,6H2,1-3H3.